The van der Waals surface area contributed by atoms with E-state index in [1.807, 2.05) is 24.3 Å². The Balaban J connectivity index is 1.84. The zero-order valence-corrected chi connectivity index (χ0v) is 13.3. The van der Waals surface area contributed by atoms with Crippen molar-refractivity contribution in [2.24, 2.45) is 0 Å². The number of aromatic nitrogens is 1. The molecule has 3 rings (SSSR count). The molecule has 2 heterocycles. The summed E-state index contributed by atoms with van der Waals surface area (Å²) < 4.78 is 6.82. The van der Waals surface area contributed by atoms with Gasteiger partial charge in [-0.15, -0.1) is 22.9 Å². The maximum Gasteiger partial charge on any atom is 0.197 e. The maximum absolute atomic E-state index is 6.44. The minimum absolute atomic E-state index is 0.108. The summed E-state index contributed by atoms with van der Waals surface area (Å²) in [6, 6.07) is 9.86. The van der Waals surface area contributed by atoms with Crippen molar-refractivity contribution >= 4 is 50.0 Å². The lowest BCUT2D eigenvalue weighted by atomic mass is 10.2. The van der Waals surface area contributed by atoms with Gasteiger partial charge in [-0.1, -0.05) is 12.1 Å². The number of para-hydroxylation sites is 2. The van der Waals surface area contributed by atoms with Gasteiger partial charge in [0.15, 0.2) is 11.5 Å². The van der Waals surface area contributed by atoms with Crippen LogP contribution in [0.25, 0.3) is 11.1 Å². The van der Waals surface area contributed by atoms with Crippen LogP contribution in [0.2, 0.25) is 0 Å². The molecular formula is C14H11BrClNOS. The Morgan fingerprint density at radius 1 is 1.42 bits per heavy atom. The normalized spacial score (nSPS) is 13.0. The van der Waals surface area contributed by atoms with E-state index in [9.17, 15) is 0 Å². The van der Waals surface area contributed by atoms with Crippen molar-refractivity contribution in [2.45, 2.75) is 18.7 Å². The third-order valence-electron chi connectivity index (χ3n) is 2.88. The highest BCUT2D eigenvalue weighted by Gasteiger charge is 2.16. The predicted molar refractivity (Wildman–Crippen MR) is 83.1 cm³/mol. The molecule has 0 saturated heterocycles. The average molecular weight is 357 g/mol. The predicted octanol–water partition coefficient (Wildman–Crippen LogP) is 5.48. The van der Waals surface area contributed by atoms with Gasteiger partial charge < -0.3 is 4.42 Å². The van der Waals surface area contributed by atoms with Crippen LogP contribution in [-0.4, -0.2) is 4.98 Å². The second-order valence-electron chi connectivity index (χ2n) is 4.35. The number of benzene rings is 1. The van der Waals surface area contributed by atoms with Gasteiger partial charge in [-0.3, -0.25) is 0 Å². The van der Waals surface area contributed by atoms with Gasteiger partial charge in [-0.05, 0) is 46.6 Å². The fourth-order valence-corrected chi connectivity index (χ4v) is 3.78. The molecule has 0 saturated carbocycles. The summed E-state index contributed by atoms with van der Waals surface area (Å²) >= 11 is 11.6. The number of alkyl halides is 1. The highest BCUT2D eigenvalue weighted by Crippen LogP contribution is 2.36. The van der Waals surface area contributed by atoms with Gasteiger partial charge in [0.2, 0.25) is 0 Å². The SMILES string of the molecule is Cc1cc(C(Cl)Cc2nc3ccccc3o2)sc1Br. The van der Waals surface area contributed by atoms with E-state index < -0.39 is 0 Å². The van der Waals surface area contributed by atoms with Crippen LogP contribution in [-0.2, 0) is 6.42 Å². The van der Waals surface area contributed by atoms with E-state index in [1.165, 1.54) is 5.56 Å². The van der Waals surface area contributed by atoms with Crippen molar-refractivity contribution in [2.75, 3.05) is 0 Å². The fourth-order valence-electron chi connectivity index (χ4n) is 1.90. The third-order valence-corrected chi connectivity index (χ3v) is 5.65. The Morgan fingerprint density at radius 2 is 2.21 bits per heavy atom. The first-order chi connectivity index (χ1) is 9.13. The summed E-state index contributed by atoms with van der Waals surface area (Å²) in [4.78, 5) is 5.58. The van der Waals surface area contributed by atoms with Crippen LogP contribution >= 0.6 is 38.9 Å². The summed E-state index contributed by atoms with van der Waals surface area (Å²) in [7, 11) is 0. The van der Waals surface area contributed by atoms with E-state index in [-0.39, 0.29) is 5.38 Å². The molecule has 98 valence electrons. The Labute approximate surface area is 128 Å². The first-order valence-corrected chi connectivity index (χ1v) is 7.92. The molecule has 0 radical (unpaired) electrons. The molecule has 1 atom stereocenters. The maximum atomic E-state index is 6.44. The first-order valence-electron chi connectivity index (χ1n) is 5.88. The quantitative estimate of drug-likeness (QED) is 0.580. The minimum atomic E-state index is -0.108. The molecule has 0 amide bonds. The number of halogens is 2. The number of aryl methyl sites for hydroxylation is 1. The van der Waals surface area contributed by atoms with Crippen LogP contribution in [0.5, 0.6) is 0 Å². The van der Waals surface area contributed by atoms with Gasteiger partial charge in [-0.2, -0.15) is 0 Å². The number of thiophene rings is 1. The van der Waals surface area contributed by atoms with Crippen molar-refractivity contribution in [3.05, 3.63) is 50.4 Å². The molecule has 2 nitrogen and oxygen atoms in total. The minimum Gasteiger partial charge on any atom is -0.441 e. The van der Waals surface area contributed by atoms with E-state index >= 15 is 0 Å². The summed E-state index contributed by atoms with van der Waals surface area (Å²) in [5, 5.41) is -0.108. The molecule has 0 bridgehead atoms. The number of oxazole rings is 1. The van der Waals surface area contributed by atoms with Crippen LogP contribution in [0.1, 0.15) is 21.7 Å². The van der Waals surface area contributed by atoms with Crippen molar-refractivity contribution in [1.82, 2.24) is 4.98 Å². The summed E-state index contributed by atoms with van der Waals surface area (Å²) in [6.07, 6.45) is 0.600. The van der Waals surface area contributed by atoms with Gasteiger partial charge in [-0.25, -0.2) is 4.98 Å². The average Bonchev–Trinajstić information content (AvgIpc) is 2.93. The lowest BCUT2D eigenvalue weighted by Gasteiger charge is -2.02. The second kappa shape index (κ2) is 5.27. The van der Waals surface area contributed by atoms with E-state index in [4.69, 9.17) is 16.0 Å². The molecule has 0 aliphatic carbocycles. The topological polar surface area (TPSA) is 26.0 Å². The van der Waals surface area contributed by atoms with Crippen LogP contribution in [0, 0.1) is 6.92 Å². The Hall–Kier alpha value is -0.840. The zero-order chi connectivity index (χ0) is 13.4. The first kappa shape index (κ1) is 13.2. The fraction of sp³-hybridized carbons (Fsp3) is 0.214. The molecule has 5 heteroatoms. The lowest BCUT2D eigenvalue weighted by Crippen LogP contribution is -1.93. The number of fused-ring (bicyclic) bond motifs is 1. The van der Waals surface area contributed by atoms with Gasteiger partial charge >= 0.3 is 0 Å². The standard InChI is InChI=1S/C14H11BrClNOS/c1-8-6-12(19-14(8)15)9(16)7-13-17-10-4-2-3-5-11(10)18-13/h2-6,9H,7H2,1H3. The van der Waals surface area contributed by atoms with Crippen LogP contribution in [0.15, 0.2) is 38.5 Å². The zero-order valence-electron chi connectivity index (χ0n) is 10.2. The van der Waals surface area contributed by atoms with Crippen LogP contribution < -0.4 is 0 Å². The monoisotopic (exact) mass is 355 g/mol. The van der Waals surface area contributed by atoms with E-state index in [1.54, 1.807) is 11.3 Å². The lowest BCUT2D eigenvalue weighted by molar-refractivity contribution is 0.526. The van der Waals surface area contributed by atoms with Crippen LogP contribution in [0.4, 0.5) is 0 Å². The molecule has 1 unspecified atom stereocenters. The smallest absolute Gasteiger partial charge is 0.197 e. The van der Waals surface area contributed by atoms with Crippen molar-refractivity contribution in [3.8, 4) is 0 Å². The molecule has 2 aromatic heterocycles. The molecular weight excluding hydrogens is 346 g/mol. The number of hydrogen-bond acceptors (Lipinski definition) is 3. The Morgan fingerprint density at radius 3 is 2.89 bits per heavy atom. The highest BCUT2D eigenvalue weighted by atomic mass is 79.9. The summed E-state index contributed by atoms with van der Waals surface area (Å²) in [5.41, 5.74) is 2.90. The third kappa shape index (κ3) is 2.71. The van der Waals surface area contributed by atoms with Crippen molar-refractivity contribution in [3.63, 3.8) is 0 Å². The Bertz CT molecular complexity index is 669. The van der Waals surface area contributed by atoms with Gasteiger partial charge in [0.1, 0.15) is 5.52 Å². The molecule has 3 aromatic rings. The van der Waals surface area contributed by atoms with E-state index in [2.05, 4.69) is 33.9 Å². The van der Waals surface area contributed by atoms with Gasteiger partial charge in [0.05, 0.1) is 9.16 Å². The second-order valence-corrected chi connectivity index (χ2v) is 7.28. The number of nitrogens with zero attached hydrogens (tertiary/aromatic N) is 1. The Kier molecular flexibility index (Phi) is 3.65. The van der Waals surface area contributed by atoms with E-state index in [0.717, 1.165) is 19.8 Å². The molecule has 0 aliphatic heterocycles. The largest absolute Gasteiger partial charge is 0.441 e. The summed E-state index contributed by atoms with van der Waals surface area (Å²) in [5.74, 6) is 0.684. The van der Waals surface area contributed by atoms with Crippen LogP contribution in [0.3, 0.4) is 0 Å². The molecule has 0 spiro atoms. The molecule has 19 heavy (non-hydrogen) atoms. The number of hydrogen-bond donors (Lipinski definition) is 0. The molecule has 0 N–H and O–H groups in total. The van der Waals surface area contributed by atoms with Gasteiger partial charge in [0.25, 0.3) is 0 Å². The highest BCUT2D eigenvalue weighted by molar-refractivity contribution is 9.11. The summed E-state index contributed by atoms with van der Waals surface area (Å²) in [6.45, 7) is 2.06. The van der Waals surface area contributed by atoms with Crippen molar-refractivity contribution in [1.29, 1.82) is 0 Å². The van der Waals surface area contributed by atoms with Crippen molar-refractivity contribution < 1.29 is 4.42 Å². The van der Waals surface area contributed by atoms with E-state index in [0.29, 0.717) is 12.3 Å². The molecule has 0 aliphatic rings. The van der Waals surface area contributed by atoms with Gasteiger partial charge in [0, 0.05) is 11.3 Å². The molecule has 1 aromatic carbocycles. The molecule has 0 fully saturated rings. The number of rotatable bonds is 3.